The van der Waals surface area contributed by atoms with Crippen LogP contribution in [0, 0.1) is 0 Å². The smallest absolute Gasteiger partial charge is 0.292 e. The number of rotatable bonds is 3. The number of anilines is 2. The first-order valence-electron chi connectivity index (χ1n) is 6.10. The topological polar surface area (TPSA) is 88.4 Å². The fourth-order valence-corrected chi connectivity index (χ4v) is 2.58. The molecule has 0 radical (unpaired) electrons. The Morgan fingerprint density at radius 2 is 2.00 bits per heavy atom. The first-order valence-corrected chi connectivity index (χ1v) is 6.92. The average Bonchev–Trinajstić information content (AvgIpc) is 3.01. The second-order valence-electron chi connectivity index (χ2n) is 4.27. The van der Waals surface area contributed by atoms with Crippen molar-refractivity contribution in [2.75, 3.05) is 10.6 Å². The van der Waals surface area contributed by atoms with E-state index in [0.717, 1.165) is 11.4 Å². The summed E-state index contributed by atoms with van der Waals surface area (Å²) in [6.45, 7) is 1.46. The van der Waals surface area contributed by atoms with Crippen LogP contribution >= 0.6 is 11.3 Å². The fraction of sp³-hybridized carbons (Fsp3) is 0.0769. The summed E-state index contributed by atoms with van der Waals surface area (Å²) in [4.78, 5) is 27.4. The number of fused-ring (bicyclic) bond motifs is 1. The van der Waals surface area contributed by atoms with E-state index in [1.807, 2.05) is 12.1 Å². The van der Waals surface area contributed by atoms with Crippen LogP contribution in [-0.4, -0.2) is 20.5 Å². The number of nitrogens with zero attached hydrogens (tertiary/aromatic N) is 3. The van der Waals surface area contributed by atoms with Crippen molar-refractivity contribution in [1.29, 1.82) is 0 Å². The highest BCUT2D eigenvalue weighted by atomic mass is 32.1. The third-order valence-corrected chi connectivity index (χ3v) is 3.67. The van der Waals surface area contributed by atoms with Gasteiger partial charge in [-0.15, -0.1) is 0 Å². The minimum atomic E-state index is -0.199. The number of benzene rings is 1. The second kappa shape index (κ2) is 5.33. The molecule has 3 aromatic rings. The maximum absolute atomic E-state index is 11.9. The largest absolute Gasteiger partial charge is 0.360 e. The molecule has 0 saturated carbocycles. The third-order valence-electron chi connectivity index (χ3n) is 2.70. The van der Waals surface area contributed by atoms with Crippen LogP contribution in [0.2, 0.25) is 0 Å². The summed E-state index contributed by atoms with van der Waals surface area (Å²) >= 11 is 1.26. The lowest BCUT2D eigenvalue weighted by atomic mass is 10.3. The van der Waals surface area contributed by atoms with Gasteiger partial charge in [0.15, 0.2) is 0 Å². The average molecular weight is 301 g/mol. The van der Waals surface area contributed by atoms with Crippen LogP contribution in [0.5, 0.6) is 0 Å². The molecule has 2 aromatic heterocycles. The molecule has 0 atom stereocenters. The summed E-state index contributed by atoms with van der Waals surface area (Å²) in [5.74, 6) is -0.118. The maximum atomic E-state index is 11.9. The Kier molecular flexibility index (Phi) is 3.36. The first kappa shape index (κ1) is 13.3. The number of thiazole rings is 1. The quantitative estimate of drug-likeness (QED) is 0.742. The molecule has 0 saturated heterocycles. The third kappa shape index (κ3) is 2.75. The van der Waals surface area contributed by atoms with E-state index in [-0.39, 0.29) is 11.5 Å². The molecule has 2 heterocycles. The molecule has 0 aliphatic carbocycles. The molecular weight excluding hydrogens is 290 g/mol. The van der Waals surface area contributed by atoms with Gasteiger partial charge in [-0.1, -0.05) is 11.3 Å². The summed E-state index contributed by atoms with van der Waals surface area (Å²) in [5.41, 5.74) is 1.33. The summed E-state index contributed by atoms with van der Waals surface area (Å²) in [6.07, 6.45) is 2.97. The SMILES string of the molecule is CC(=O)Nc1ccc(N/C=c2\sc3ncnn3c2=O)cc1. The molecule has 3 rings (SSSR count). The minimum Gasteiger partial charge on any atom is -0.360 e. The van der Waals surface area contributed by atoms with Crippen LogP contribution in [-0.2, 0) is 4.79 Å². The number of carbonyl (C=O) groups excluding carboxylic acids is 1. The van der Waals surface area contributed by atoms with Crippen molar-refractivity contribution in [3.63, 3.8) is 0 Å². The van der Waals surface area contributed by atoms with E-state index in [9.17, 15) is 9.59 Å². The van der Waals surface area contributed by atoms with Gasteiger partial charge in [-0.3, -0.25) is 9.59 Å². The van der Waals surface area contributed by atoms with Crippen molar-refractivity contribution in [2.24, 2.45) is 0 Å². The van der Waals surface area contributed by atoms with Crippen molar-refractivity contribution in [2.45, 2.75) is 6.92 Å². The van der Waals surface area contributed by atoms with E-state index in [1.165, 1.54) is 29.1 Å². The van der Waals surface area contributed by atoms with Crippen molar-refractivity contribution >= 4 is 39.8 Å². The van der Waals surface area contributed by atoms with E-state index in [2.05, 4.69) is 20.7 Å². The molecule has 106 valence electrons. The van der Waals surface area contributed by atoms with E-state index < -0.39 is 0 Å². The number of amides is 1. The molecular formula is C13H11N5O2S. The molecule has 0 unspecified atom stereocenters. The molecule has 0 spiro atoms. The van der Waals surface area contributed by atoms with Gasteiger partial charge in [0.05, 0.1) is 0 Å². The van der Waals surface area contributed by atoms with Crippen molar-refractivity contribution in [3.8, 4) is 0 Å². The van der Waals surface area contributed by atoms with Gasteiger partial charge >= 0.3 is 0 Å². The Morgan fingerprint density at radius 1 is 1.29 bits per heavy atom. The van der Waals surface area contributed by atoms with Gasteiger partial charge in [-0.25, -0.2) is 4.98 Å². The Morgan fingerprint density at radius 3 is 2.67 bits per heavy atom. The molecule has 21 heavy (non-hydrogen) atoms. The minimum absolute atomic E-state index is 0.118. The van der Waals surface area contributed by atoms with Crippen LogP contribution in [0.3, 0.4) is 0 Å². The van der Waals surface area contributed by atoms with Gasteiger partial charge in [-0.05, 0) is 24.3 Å². The monoisotopic (exact) mass is 301 g/mol. The van der Waals surface area contributed by atoms with E-state index in [1.54, 1.807) is 18.3 Å². The van der Waals surface area contributed by atoms with E-state index in [4.69, 9.17) is 0 Å². The second-order valence-corrected chi connectivity index (χ2v) is 5.28. The van der Waals surface area contributed by atoms with Crippen molar-refractivity contribution in [1.82, 2.24) is 14.6 Å². The molecule has 0 aliphatic rings. The number of aromatic nitrogens is 3. The Hall–Kier alpha value is -2.74. The molecule has 1 aromatic carbocycles. The zero-order valence-corrected chi connectivity index (χ0v) is 11.8. The van der Waals surface area contributed by atoms with E-state index in [0.29, 0.717) is 9.49 Å². The normalized spacial score (nSPS) is 11.8. The zero-order chi connectivity index (χ0) is 14.8. The predicted octanol–water partition coefficient (Wildman–Crippen LogP) is 0.678. The lowest BCUT2D eigenvalue weighted by Crippen LogP contribution is -2.24. The van der Waals surface area contributed by atoms with Gasteiger partial charge in [0.1, 0.15) is 10.9 Å². The van der Waals surface area contributed by atoms with Crippen LogP contribution in [0.1, 0.15) is 6.92 Å². The number of carbonyl (C=O) groups is 1. The molecule has 0 bridgehead atoms. The fourth-order valence-electron chi connectivity index (χ4n) is 1.78. The Balaban J connectivity index is 1.82. The van der Waals surface area contributed by atoms with Crippen LogP contribution < -0.4 is 20.7 Å². The summed E-state index contributed by atoms with van der Waals surface area (Å²) in [6, 6.07) is 7.17. The van der Waals surface area contributed by atoms with Gasteiger partial charge < -0.3 is 10.6 Å². The zero-order valence-electron chi connectivity index (χ0n) is 11.0. The highest BCUT2D eigenvalue weighted by molar-refractivity contribution is 7.15. The Bertz CT molecular complexity index is 897. The Labute approximate surface area is 122 Å². The van der Waals surface area contributed by atoms with Gasteiger partial charge in [-0.2, -0.15) is 9.61 Å². The number of hydrogen-bond donors (Lipinski definition) is 2. The lowest BCUT2D eigenvalue weighted by molar-refractivity contribution is -0.114. The summed E-state index contributed by atoms with van der Waals surface area (Å²) in [5, 5.41) is 9.57. The number of nitrogens with one attached hydrogen (secondary N) is 2. The molecule has 0 aliphatic heterocycles. The predicted molar refractivity (Wildman–Crippen MR) is 81.2 cm³/mol. The summed E-state index contributed by atoms with van der Waals surface area (Å²) < 4.78 is 1.79. The molecule has 0 fully saturated rings. The van der Waals surface area contributed by atoms with E-state index >= 15 is 0 Å². The van der Waals surface area contributed by atoms with Gasteiger partial charge in [0.2, 0.25) is 10.9 Å². The molecule has 8 heteroatoms. The highest BCUT2D eigenvalue weighted by Gasteiger charge is 2.04. The van der Waals surface area contributed by atoms with Crippen LogP contribution in [0.4, 0.5) is 11.4 Å². The molecule has 1 amide bonds. The highest BCUT2D eigenvalue weighted by Crippen LogP contribution is 2.13. The van der Waals surface area contributed by atoms with Crippen LogP contribution in [0.25, 0.3) is 11.2 Å². The molecule has 2 N–H and O–H groups in total. The van der Waals surface area contributed by atoms with Gasteiger partial charge in [0, 0.05) is 24.5 Å². The number of hydrogen-bond acceptors (Lipinski definition) is 6. The van der Waals surface area contributed by atoms with Crippen molar-refractivity contribution in [3.05, 3.63) is 45.5 Å². The van der Waals surface area contributed by atoms with Gasteiger partial charge in [0.25, 0.3) is 5.56 Å². The first-order chi connectivity index (χ1) is 10.1. The molecule has 7 nitrogen and oxygen atoms in total. The standard InChI is InChI=1S/C13H11N5O2S/c1-8(19)17-10-4-2-9(3-5-10)14-6-11-12(20)18-13(21-11)15-7-16-18/h2-7,14H,1H3,(H,17,19)/b11-6-. The van der Waals surface area contributed by atoms with Crippen molar-refractivity contribution < 1.29 is 4.79 Å². The summed E-state index contributed by atoms with van der Waals surface area (Å²) in [7, 11) is 0. The lowest BCUT2D eigenvalue weighted by Gasteiger charge is -2.03. The maximum Gasteiger partial charge on any atom is 0.292 e. The van der Waals surface area contributed by atoms with Crippen LogP contribution in [0.15, 0.2) is 35.4 Å².